The van der Waals surface area contributed by atoms with Gasteiger partial charge < -0.3 is 5.32 Å². The van der Waals surface area contributed by atoms with Crippen LogP contribution in [0.2, 0.25) is 5.02 Å². The third kappa shape index (κ3) is 4.59. The van der Waals surface area contributed by atoms with Crippen LogP contribution in [0, 0.1) is 19.8 Å². The molecule has 2 heterocycles. The molecule has 6 nitrogen and oxygen atoms in total. The van der Waals surface area contributed by atoms with E-state index in [0.717, 1.165) is 42.3 Å². The Bertz CT molecular complexity index is 1020. The standard InChI is InChI=1S/C22H24ClN5O/c1-15-10-16(2)28(25-15)9-8-27-14-19-7-6-18(12-21(19)26-27)22(29)24-13-17-4-3-5-20(23)11-17/h3-7,10-12,19H,8-9,13-14H2,1-2H3,(H,24,29). The van der Waals surface area contributed by atoms with E-state index in [1.807, 2.05) is 48.0 Å². The van der Waals surface area contributed by atoms with Crippen molar-refractivity contribution in [2.45, 2.75) is 26.9 Å². The van der Waals surface area contributed by atoms with Crippen molar-refractivity contribution in [3.63, 3.8) is 0 Å². The van der Waals surface area contributed by atoms with Crippen LogP contribution in [0.25, 0.3) is 0 Å². The van der Waals surface area contributed by atoms with E-state index in [1.165, 1.54) is 0 Å². The van der Waals surface area contributed by atoms with Gasteiger partial charge in [0.2, 0.25) is 0 Å². The van der Waals surface area contributed by atoms with Gasteiger partial charge in [0.05, 0.1) is 24.5 Å². The van der Waals surface area contributed by atoms with Crippen LogP contribution >= 0.6 is 11.6 Å². The van der Waals surface area contributed by atoms with E-state index in [2.05, 4.69) is 34.5 Å². The molecule has 0 saturated heterocycles. The van der Waals surface area contributed by atoms with Gasteiger partial charge >= 0.3 is 0 Å². The van der Waals surface area contributed by atoms with Crippen LogP contribution in [0.4, 0.5) is 0 Å². The number of nitrogens with one attached hydrogen (secondary N) is 1. The Kier molecular flexibility index (Phi) is 5.53. The third-order valence-electron chi connectivity index (χ3n) is 5.13. The highest BCUT2D eigenvalue weighted by Crippen LogP contribution is 2.22. The number of hydrogen-bond donors (Lipinski definition) is 1. The molecule has 1 unspecified atom stereocenters. The second-order valence-corrected chi connectivity index (χ2v) is 7.90. The predicted octanol–water partition coefficient (Wildman–Crippen LogP) is 3.25. The van der Waals surface area contributed by atoms with Gasteiger partial charge in [-0.3, -0.25) is 14.5 Å². The summed E-state index contributed by atoms with van der Waals surface area (Å²) in [6.07, 6.45) is 5.85. The lowest BCUT2D eigenvalue weighted by Gasteiger charge is -2.16. The summed E-state index contributed by atoms with van der Waals surface area (Å²) in [7, 11) is 0. The first-order chi connectivity index (χ1) is 14.0. The molecule has 0 bridgehead atoms. The Labute approximate surface area is 175 Å². The highest BCUT2D eigenvalue weighted by atomic mass is 35.5. The predicted molar refractivity (Wildman–Crippen MR) is 115 cm³/mol. The second-order valence-electron chi connectivity index (χ2n) is 7.47. The molecule has 0 fully saturated rings. The van der Waals surface area contributed by atoms with Gasteiger partial charge in [-0.2, -0.15) is 10.2 Å². The number of hydrogen-bond acceptors (Lipinski definition) is 4. The highest BCUT2D eigenvalue weighted by molar-refractivity contribution is 6.30. The number of aromatic nitrogens is 2. The molecule has 1 aromatic carbocycles. The van der Waals surface area contributed by atoms with E-state index in [-0.39, 0.29) is 11.8 Å². The molecule has 29 heavy (non-hydrogen) atoms. The normalized spacial score (nSPS) is 17.8. The van der Waals surface area contributed by atoms with Crippen molar-refractivity contribution < 1.29 is 4.79 Å². The Morgan fingerprint density at radius 1 is 1.28 bits per heavy atom. The van der Waals surface area contributed by atoms with Crippen molar-refractivity contribution in [3.8, 4) is 0 Å². The van der Waals surface area contributed by atoms with Crippen LogP contribution in [0.5, 0.6) is 0 Å². The molecule has 1 aromatic heterocycles. The van der Waals surface area contributed by atoms with Crippen LogP contribution in [0.1, 0.15) is 17.0 Å². The van der Waals surface area contributed by atoms with Crippen LogP contribution in [0.15, 0.2) is 59.2 Å². The van der Waals surface area contributed by atoms with Crippen LogP contribution in [-0.2, 0) is 17.9 Å². The fourth-order valence-electron chi connectivity index (χ4n) is 3.65. The topological polar surface area (TPSA) is 62.5 Å². The van der Waals surface area contributed by atoms with Gasteiger partial charge in [-0.25, -0.2) is 0 Å². The summed E-state index contributed by atoms with van der Waals surface area (Å²) < 4.78 is 2.01. The second kappa shape index (κ2) is 8.25. The summed E-state index contributed by atoms with van der Waals surface area (Å²) in [6.45, 7) is 6.93. The highest BCUT2D eigenvalue weighted by Gasteiger charge is 2.27. The molecule has 2 aliphatic rings. The summed E-state index contributed by atoms with van der Waals surface area (Å²) in [6, 6.07) is 9.56. The van der Waals surface area contributed by atoms with E-state index in [9.17, 15) is 4.79 Å². The molecule has 0 saturated carbocycles. The number of amides is 1. The molecular weight excluding hydrogens is 386 g/mol. The van der Waals surface area contributed by atoms with Gasteiger partial charge in [0.25, 0.3) is 5.91 Å². The lowest BCUT2D eigenvalue weighted by Crippen LogP contribution is -2.27. The minimum atomic E-state index is -0.108. The monoisotopic (exact) mass is 409 g/mol. The largest absolute Gasteiger partial charge is 0.348 e. The summed E-state index contributed by atoms with van der Waals surface area (Å²) >= 11 is 6.00. The average molecular weight is 410 g/mol. The number of carbonyl (C=O) groups is 1. The fraction of sp³-hybridized carbons (Fsp3) is 0.318. The molecular formula is C22H24ClN5O. The number of rotatable bonds is 6. The van der Waals surface area contributed by atoms with Crippen molar-refractivity contribution in [1.29, 1.82) is 0 Å². The smallest absolute Gasteiger partial charge is 0.251 e. The summed E-state index contributed by atoms with van der Waals surface area (Å²) in [4.78, 5) is 12.5. The fourth-order valence-corrected chi connectivity index (χ4v) is 3.86. The molecule has 1 amide bonds. The number of hydrazone groups is 1. The van der Waals surface area contributed by atoms with Crippen LogP contribution in [-0.4, -0.2) is 39.5 Å². The molecule has 1 aliphatic carbocycles. The van der Waals surface area contributed by atoms with E-state index in [0.29, 0.717) is 17.1 Å². The molecule has 0 spiro atoms. The third-order valence-corrected chi connectivity index (χ3v) is 5.37. The van der Waals surface area contributed by atoms with Crippen molar-refractivity contribution >= 4 is 23.2 Å². The first-order valence-electron chi connectivity index (χ1n) is 9.75. The first kappa shape index (κ1) is 19.5. The molecule has 4 rings (SSSR count). The van der Waals surface area contributed by atoms with Crippen molar-refractivity contribution in [3.05, 3.63) is 76.1 Å². The maximum absolute atomic E-state index is 12.5. The Morgan fingerprint density at radius 2 is 2.14 bits per heavy atom. The van der Waals surface area contributed by atoms with Crippen molar-refractivity contribution in [1.82, 2.24) is 20.1 Å². The SMILES string of the molecule is Cc1cc(C)n(CCN2CC3C=CC(C(=O)NCc4cccc(Cl)c4)=CC3=N2)n1. The van der Waals surface area contributed by atoms with E-state index in [4.69, 9.17) is 16.7 Å². The zero-order valence-electron chi connectivity index (χ0n) is 16.6. The van der Waals surface area contributed by atoms with Gasteiger partial charge in [0, 0.05) is 35.3 Å². The zero-order valence-corrected chi connectivity index (χ0v) is 17.4. The minimum Gasteiger partial charge on any atom is -0.348 e. The summed E-state index contributed by atoms with van der Waals surface area (Å²) in [5, 5.41) is 14.9. The lowest BCUT2D eigenvalue weighted by atomic mass is 9.95. The van der Waals surface area contributed by atoms with E-state index >= 15 is 0 Å². The van der Waals surface area contributed by atoms with E-state index in [1.54, 1.807) is 0 Å². The van der Waals surface area contributed by atoms with Gasteiger partial charge in [0.1, 0.15) is 0 Å². The molecule has 0 radical (unpaired) electrons. The van der Waals surface area contributed by atoms with E-state index < -0.39 is 0 Å². The molecule has 2 aromatic rings. The minimum absolute atomic E-state index is 0.108. The maximum atomic E-state index is 12.5. The molecule has 7 heteroatoms. The van der Waals surface area contributed by atoms with Crippen LogP contribution in [0.3, 0.4) is 0 Å². The Hall–Kier alpha value is -2.86. The van der Waals surface area contributed by atoms with Crippen molar-refractivity contribution in [2.75, 3.05) is 13.1 Å². The quantitative estimate of drug-likeness (QED) is 0.796. The summed E-state index contributed by atoms with van der Waals surface area (Å²) in [5.41, 5.74) is 4.72. The van der Waals surface area contributed by atoms with Gasteiger partial charge in [-0.1, -0.05) is 35.9 Å². The molecule has 1 atom stereocenters. The first-order valence-corrected chi connectivity index (χ1v) is 10.1. The van der Waals surface area contributed by atoms with Gasteiger partial charge in [-0.15, -0.1) is 0 Å². The molecule has 1 N–H and O–H groups in total. The number of aryl methyl sites for hydroxylation is 2. The average Bonchev–Trinajstić information content (AvgIpc) is 3.25. The zero-order chi connectivity index (χ0) is 20.4. The number of carbonyl (C=O) groups excluding carboxylic acids is 1. The number of benzene rings is 1. The number of halogens is 1. The molecule has 1 aliphatic heterocycles. The number of fused-ring (bicyclic) bond motifs is 1. The maximum Gasteiger partial charge on any atom is 0.251 e. The van der Waals surface area contributed by atoms with Crippen molar-refractivity contribution in [2.24, 2.45) is 11.0 Å². The summed E-state index contributed by atoms with van der Waals surface area (Å²) in [5.74, 6) is 0.128. The molecule has 150 valence electrons. The van der Waals surface area contributed by atoms with Gasteiger partial charge in [0.15, 0.2) is 0 Å². The Morgan fingerprint density at radius 3 is 2.90 bits per heavy atom. The number of allylic oxidation sites excluding steroid dienone is 1. The Balaban J connectivity index is 1.35. The van der Waals surface area contributed by atoms with Crippen LogP contribution < -0.4 is 5.32 Å². The number of nitrogens with zero attached hydrogens (tertiary/aromatic N) is 4. The van der Waals surface area contributed by atoms with Gasteiger partial charge in [-0.05, 0) is 43.7 Å². The lowest BCUT2D eigenvalue weighted by molar-refractivity contribution is -0.117.